The van der Waals surface area contributed by atoms with Crippen molar-refractivity contribution in [2.45, 2.75) is 13.0 Å². The second-order valence-electron chi connectivity index (χ2n) is 4.65. The summed E-state index contributed by atoms with van der Waals surface area (Å²) in [5, 5.41) is 4.30. The third kappa shape index (κ3) is 2.84. The molecule has 0 saturated carbocycles. The van der Waals surface area contributed by atoms with Gasteiger partial charge in [0, 0.05) is 5.02 Å². The highest BCUT2D eigenvalue weighted by atomic mass is 35.5. The van der Waals surface area contributed by atoms with Crippen LogP contribution in [-0.2, 0) is 0 Å². The Morgan fingerprint density at radius 1 is 1.19 bits per heavy atom. The van der Waals surface area contributed by atoms with E-state index in [1.165, 1.54) is 12.1 Å². The third-order valence-electron chi connectivity index (χ3n) is 3.24. The quantitative estimate of drug-likeness (QED) is 0.640. The van der Waals surface area contributed by atoms with E-state index >= 15 is 0 Å². The molecule has 0 aliphatic rings. The molecule has 1 N–H and O–H groups in total. The zero-order valence-electron chi connectivity index (χ0n) is 11.0. The minimum absolute atomic E-state index is 0.122. The van der Waals surface area contributed by atoms with Crippen LogP contribution >= 0.6 is 34.5 Å². The molecule has 1 heterocycles. The van der Waals surface area contributed by atoms with E-state index in [0.29, 0.717) is 10.0 Å². The van der Waals surface area contributed by atoms with Crippen molar-refractivity contribution in [3.63, 3.8) is 0 Å². The summed E-state index contributed by atoms with van der Waals surface area (Å²) >= 11 is 13.9. The summed E-state index contributed by atoms with van der Waals surface area (Å²) in [7, 11) is 0. The molecule has 2 nitrogen and oxygen atoms in total. The van der Waals surface area contributed by atoms with Crippen LogP contribution in [0.15, 0.2) is 35.8 Å². The summed E-state index contributed by atoms with van der Waals surface area (Å²) in [5.74, 6) is -0.351. The fraction of sp³-hybridized carbons (Fsp3) is 0.133. The standard InChI is InChI=1S/C15H11Cl2FN2S/c1-8(10-3-2-9(18)6-12(10)17)20-14-11(16)4-5-13-15(14)19-7-21-13/h2-8,20H,1H3. The van der Waals surface area contributed by atoms with Crippen LogP contribution in [0.4, 0.5) is 10.1 Å². The highest BCUT2D eigenvalue weighted by molar-refractivity contribution is 7.16. The van der Waals surface area contributed by atoms with E-state index in [1.807, 2.05) is 19.1 Å². The van der Waals surface area contributed by atoms with Crippen molar-refractivity contribution in [1.82, 2.24) is 4.98 Å². The highest BCUT2D eigenvalue weighted by Gasteiger charge is 2.15. The van der Waals surface area contributed by atoms with E-state index < -0.39 is 0 Å². The molecule has 6 heteroatoms. The van der Waals surface area contributed by atoms with Gasteiger partial charge in [-0.3, -0.25) is 0 Å². The van der Waals surface area contributed by atoms with E-state index in [0.717, 1.165) is 21.5 Å². The van der Waals surface area contributed by atoms with Crippen LogP contribution in [0.2, 0.25) is 10.0 Å². The summed E-state index contributed by atoms with van der Waals surface area (Å²) < 4.78 is 14.2. The first-order valence-electron chi connectivity index (χ1n) is 6.29. The number of fused-ring (bicyclic) bond motifs is 1. The monoisotopic (exact) mass is 340 g/mol. The van der Waals surface area contributed by atoms with Crippen molar-refractivity contribution in [3.05, 3.63) is 57.3 Å². The maximum absolute atomic E-state index is 13.1. The summed E-state index contributed by atoms with van der Waals surface area (Å²) in [6.45, 7) is 1.95. The van der Waals surface area contributed by atoms with Crippen LogP contribution in [0, 0.1) is 5.82 Å². The molecule has 0 aliphatic carbocycles. The number of anilines is 1. The average molecular weight is 341 g/mol. The maximum Gasteiger partial charge on any atom is 0.124 e. The number of thiazole rings is 1. The molecule has 2 aromatic carbocycles. The van der Waals surface area contributed by atoms with E-state index in [9.17, 15) is 4.39 Å². The van der Waals surface area contributed by atoms with Crippen molar-refractivity contribution in [2.24, 2.45) is 0 Å². The van der Waals surface area contributed by atoms with E-state index in [1.54, 1.807) is 22.9 Å². The number of rotatable bonds is 3. The molecule has 0 spiro atoms. The Morgan fingerprint density at radius 2 is 2.00 bits per heavy atom. The van der Waals surface area contributed by atoms with Gasteiger partial charge >= 0.3 is 0 Å². The Labute approximate surface area is 135 Å². The lowest BCUT2D eigenvalue weighted by Crippen LogP contribution is -2.08. The molecule has 1 aromatic heterocycles. The second-order valence-corrected chi connectivity index (χ2v) is 6.35. The van der Waals surface area contributed by atoms with Crippen molar-refractivity contribution in [3.8, 4) is 0 Å². The lowest BCUT2D eigenvalue weighted by molar-refractivity contribution is 0.626. The molecule has 21 heavy (non-hydrogen) atoms. The van der Waals surface area contributed by atoms with Crippen LogP contribution in [-0.4, -0.2) is 4.98 Å². The Hall–Kier alpha value is -1.36. The number of nitrogens with zero attached hydrogens (tertiary/aromatic N) is 1. The van der Waals surface area contributed by atoms with Gasteiger partial charge in [-0.05, 0) is 36.8 Å². The lowest BCUT2D eigenvalue weighted by atomic mass is 10.1. The van der Waals surface area contributed by atoms with Gasteiger partial charge in [-0.15, -0.1) is 11.3 Å². The molecule has 1 unspecified atom stereocenters. The first kappa shape index (κ1) is 14.6. The molecular weight excluding hydrogens is 330 g/mol. The lowest BCUT2D eigenvalue weighted by Gasteiger charge is -2.18. The molecule has 0 bridgehead atoms. The van der Waals surface area contributed by atoms with E-state index in [4.69, 9.17) is 23.2 Å². The van der Waals surface area contributed by atoms with Gasteiger partial charge in [-0.25, -0.2) is 9.37 Å². The van der Waals surface area contributed by atoms with Gasteiger partial charge in [-0.1, -0.05) is 29.3 Å². The largest absolute Gasteiger partial charge is 0.375 e. The molecule has 3 rings (SSSR count). The molecule has 108 valence electrons. The molecular formula is C15H11Cl2FN2S. The molecule has 0 fully saturated rings. The Morgan fingerprint density at radius 3 is 2.76 bits per heavy atom. The van der Waals surface area contributed by atoms with Crippen molar-refractivity contribution in [1.29, 1.82) is 0 Å². The number of benzene rings is 2. The first-order valence-corrected chi connectivity index (χ1v) is 7.93. The van der Waals surface area contributed by atoms with Gasteiger partial charge in [-0.2, -0.15) is 0 Å². The van der Waals surface area contributed by atoms with Gasteiger partial charge in [0.25, 0.3) is 0 Å². The smallest absolute Gasteiger partial charge is 0.124 e. The zero-order valence-corrected chi connectivity index (χ0v) is 13.4. The summed E-state index contributed by atoms with van der Waals surface area (Å²) in [6.07, 6.45) is 0. The number of nitrogens with one attached hydrogen (secondary N) is 1. The molecule has 1 atom stereocenters. The van der Waals surface area contributed by atoms with Crippen molar-refractivity contribution < 1.29 is 4.39 Å². The van der Waals surface area contributed by atoms with Crippen LogP contribution in [0.1, 0.15) is 18.5 Å². The number of aromatic nitrogens is 1. The SMILES string of the molecule is CC(Nc1c(Cl)ccc2scnc12)c1ccc(F)cc1Cl. The molecule has 3 aromatic rings. The van der Waals surface area contributed by atoms with E-state index in [2.05, 4.69) is 10.3 Å². The van der Waals surface area contributed by atoms with Gasteiger partial charge < -0.3 is 5.32 Å². The predicted molar refractivity (Wildman–Crippen MR) is 88.1 cm³/mol. The minimum atomic E-state index is -0.351. The molecule has 0 radical (unpaired) electrons. The third-order valence-corrected chi connectivity index (χ3v) is 4.68. The van der Waals surface area contributed by atoms with E-state index in [-0.39, 0.29) is 11.9 Å². The summed E-state index contributed by atoms with van der Waals surface area (Å²) in [6, 6.07) is 8.02. The van der Waals surface area contributed by atoms with Gasteiger partial charge in [0.15, 0.2) is 0 Å². The number of hydrogen-bond donors (Lipinski definition) is 1. The van der Waals surface area contributed by atoms with Crippen molar-refractivity contribution in [2.75, 3.05) is 5.32 Å². The summed E-state index contributed by atoms with van der Waals surface area (Å²) in [4.78, 5) is 4.34. The Bertz CT molecular complexity index is 803. The second kappa shape index (κ2) is 5.79. The van der Waals surface area contributed by atoms with Crippen LogP contribution in [0.25, 0.3) is 10.2 Å². The minimum Gasteiger partial charge on any atom is -0.375 e. The Kier molecular flexibility index (Phi) is 4.02. The van der Waals surface area contributed by atoms with Gasteiger partial charge in [0.05, 0.1) is 27.0 Å². The maximum atomic E-state index is 13.1. The Balaban J connectivity index is 1.98. The van der Waals surface area contributed by atoms with Crippen LogP contribution < -0.4 is 5.32 Å². The number of halogens is 3. The molecule has 0 aliphatic heterocycles. The fourth-order valence-electron chi connectivity index (χ4n) is 2.19. The van der Waals surface area contributed by atoms with Crippen LogP contribution in [0.3, 0.4) is 0 Å². The zero-order chi connectivity index (χ0) is 15.0. The van der Waals surface area contributed by atoms with Crippen LogP contribution in [0.5, 0.6) is 0 Å². The number of hydrogen-bond acceptors (Lipinski definition) is 3. The normalized spacial score (nSPS) is 12.6. The van der Waals surface area contributed by atoms with Crippen molar-refractivity contribution >= 4 is 50.4 Å². The summed E-state index contributed by atoms with van der Waals surface area (Å²) in [5.41, 5.74) is 4.18. The predicted octanol–water partition coefficient (Wildman–Crippen LogP) is 5.92. The average Bonchev–Trinajstić information content (AvgIpc) is 2.90. The topological polar surface area (TPSA) is 24.9 Å². The highest BCUT2D eigenvalue weighted by Crippen LogP contribution is 2.35. The van der Waals surface area contributed by atoms with Gasteiger partial charge in [0.1, 0.15) is 11.3 Å². The van der Waals surface area contributed by atoms with Gasteiger partial charge in [0.2, 0.25) is 0 Å². The molecule has 0 amide bonds. The molecule has 0 saturated heterocycles. The first-order chi connectivity index (χ1) is 10.1. The fourth-order valence-corrected chi connectivity index (χ4v) is 3.41.